The molecule has 0 saturated carbocycles. The van der Waals surface area contributed by atoms with Gasteiger partial charge in [0.25, 0.3) is 0 Å². The molecule has 2 N–H and O–H groups in total. The van der Waals surface area contributed by atoms with Crippen molar-refractivity contribution in [2.45, 2.75) is 38.1 Å². The number of ether oxygens (including phenoxy) is 1. The van der Waals surface area contributed by atoms with E-state index in [9.17, 15) is 18.0 Å². The lowest BCUT2D eigenvalue weighted by Gasteiger charge is -2.13. The van der Waals surface area contributed by atoms with E-state index >= 15 is 0 Å². The first-order valence-corrected chi connectivity index (χ1v) is 11.1. The lowest BCUT2D eigenvalue weighted by molar-refractivity contribution is -0.144. The number of ketones is 1. The largest absolute Gasteiger partial charge is 0.456 e. The fraction of sp³-hybridized carbons (Fsp3) is 0.273. The molecule has 0 aliphatic carbocycles. The van der Waals surface area contributed by atoms with Gasteiger partial charge in [-0.2, -0.15) is 4.72 Å². The maximum atomic E-state index is 12.5. The molecule has 0 radical (unpaired) electrons. The second-order valence-electron chi connectivity index (χ2n) is 7.08. The number of sulfonamides is 1. The number of esters is 1. The van der Waals surface area contributed by atoms with Crippen molar-refractivity contribution in [3.05, 3.63) is 65.4 Å². The number of nitrogens with one attached hydrogen (secondary N) is 2. The van der Waals surface area contributed by atoms with Crippen molar-refractivity contribution in [3.8, 4) is 0 Å². The van der Waals surface area contributed by atoms with E-state index < -0.39 is 28.6 Å². The molecule has 0 aliphatic heterocycles. The molecule has 3 rings (SSSR count). The van der Waals surface area contributed by atoms with Crippen LogP contribution < -0.4 is 4.72 Å². The van der Waals surface area contributed by atoms with Crippen LogP contribution in [0.5, 0.6) is 0 Å². The zero-order chi connectivity index (χ0) is 21.9. The van der Waals surface area contributed by atoms with Gasteiger partial charge in [-0.05, 0) is 38.0 Å². The first-order valence-electron chi connectivity index (χ1n) is 9.60. The van der Waals surface area contributed by atoms with Crippen molar-refractivity contribution >= 4 is 32.7 Å². The van der Waals surface area contributed by atoms with E-state index in [0.717, 1.165) is 28.5 Å². The number of rotatable bonds is 8. The molecule has 1 aromatic heterocycles. The minimum absolute atomic E-state index is 0.0503. The molecule has 0 bridgehead atoms. The predicted octanol–water partition coefficient (Wildman–Crippen LogP) is 3.13. The average molecular weight is 429 g/mol. The lowest BCUT2D eigenvalue weighted by Crippen LogP contribution is -2.40. The van der Waals surface area contributed by atoms with Crippen LogP contribution in [-0.4, -0.2) is 37.8 Å². The molecule has 1 atom stereocenters. The van der Waals surface area contributed by atoms with E-state index in [2.05, 4.69) is 9.71 Å². The van der Waals surface area contributed by atoms with Gasteiger partial charge in [0.15, 0.2) is 6.61 Å². The Balaban J connectivity index is 1.64. The van der Waals surface area contributed by atoms with Gasteiger partial charge in [0, 0.05) is 22.7 Å². The third kappa shape index (κ3) is 4.60. The zero-order valence-corrected chi connectivity index (χ0v) is 17.9. The molecule has 0 unspecified atom stereocenters. The SMILES string of the molecule is CCc1cccc2c(C(=O)COC(=O)[C@H](C)NS(=O)(=O)c3ccc(C)cc3)c[nH]c12. The topological polar surface area (TPSA) is 105 Å². The number of aryl methyl sites for hydroxylation is 2. The van der Waals surface area contributed by atoms with E-state index in [1.54, 1.807) is 18.3 Å². The molecular weight excluding hydrogens is 404 g/mol. The lowest BCUT2D eigenvalue weighted by atomic mass is 10.1. The molecule has 158 valence electrons. The van der Waals surface area contributed by atoms with Crippen molar-refractivity contribution in [2.24, 2.45) is 0 Å². The number of aromatic amines is 1. The highest BCUT2D eigenvalue weighted by atomic mass is 32.2. The van der Waals surface area contributed by atoms with E-state index in [1.807, 2.05) is 32.0 Å². The van der Waals surface area contributed by atoms with Gasteiger partial charge in [-0.3, -0.25) is 9.59 Å². The smallest absolute Gasteiger partial charge is 0.324 e. The van der Waals surface area contributed by atoms with Crippen LogP contribution >= 0.6 is 0 Å². The summed E-state index contributed by atoms with van der Waals surface area (Å²) in [7, 11) is -3.88. The average Bonchev–Trinajstić information content (AvgIpc) is 3.16. The highest BCUT2D eigenvalue weighted by Gasteiger charge is 2.24. The Morgan fingerprint density at radius 1 is 1.13 bits per heavy atom. The predicted molar refractivity (Wildman–Crippen MR) is 114 cm³/mol. The summed E-state index contributed by atoms with van der Waals surface area (Å²) in [6.07, 6.45) is 2.42. The monoisotopic (exact) mass is 428 g/mol. The maximum Gasteiger partial charge on any atom is 0.324 e. The van der Waals surface area contributed by atoms with Gasteiger partial charge in [0.2, 0.25) is 15.8 Å². The molecule has 1 heterocycles. The summed E-state index contributed by atoms with van der Waals surface area (Å²) in [5.74, 6) is -1.19. The van der Waals surface area contributed by atoms with Crippen LogP contribution in [0.4, 0.5) is 0 Å². The molecule has 0 amide bonds. The zero-order valence-electron chi connectivity index (χ0n) is 17.1. The Morgan fingerprint density at radius 2 is 1.83 bits per heavy atom. The Bertz CT molecular complexity index is 1180. The highest BCUT2D eigenvalue weighted by Crippen LogP contribution is 2.22. The summed E-state index contributed by atoms with van der Waals surface area (Å²) in [5, 5.41) is 0.767. The van der Waals surface area contributed by atoms with Crippen LogP contribution in [0.3, 0.4) is 0 Å². The number of Topliss-reactive ketones (excluding diaryl/α,β-unsaturated/α-hetero) is 1. The van der Waals surface area contributed by atoms with Gasteiger partial charge in [-0.25, -0.2) is 8.42 Å². The number of aromatic nitrogens is 1. The van der Waals surface area contributed by atoms with E-state index in [4.69, 9.17) is 4.74 Å². The fourth-order valence-electron chi connectivity index (χ4n) is 3.15. The number of hydrogen-bond acceptors (Lipinski definition) is 5. The van der Waals surface area contributed by atoms with Crippen LogP contribution in [0, 0.1) is 6.92 Å². The molecule has 3 aromatic rings. The van der Waals surface area contributed by atoms with Crippen molar-refractivity contribution in [1.29, 1.82) is 0 Å². The van der Waals surface area contributed by atoms with Crippen molar-refractivity contribution in [1.82, 2.24) is 9.71 Å². The number of H-pyrrole nitrogens is 1. The first-order chi connectivity index (χ1) is 14.2. The number of para-hydroxylation sites is 1. The summed E-state index contributed by atoms with van der Waals surface area (Å²) in [6, 6.07) is 10.8. The molecule has 0 fully saturated rings. The fourth-order valence-corrected chi connectivity index (χ4v) is 4.34. The molecule has 0 spiro atoms. The molecule has 2 aromatic carbocycles. The number of carbonyl (C=O) groups is 2. The summed E-state index contributed by atoms with van der Waals surface area (Å²) in [6.45, 7) is 4.77. The van der Waals surface area contributed by atoms with Gasteiger partial charge in [-0.15, -0.1) is 0 Å². The molecule has 30 heavy (non-hydrogen) atoms. The van der Waals surface area contributed by atoms with Gasteiger partial charge >= 0.3 is 5.97 Å². The number of hydrogen-bond donors (Lipinski definition) is 2. The number of carbonyl (C=O) groups excluding carboxylic acids is 2. The van der Waals surface area contributed by atoms with Crippen LogP contribution in [-0.2, 0) is 26.0 Å². The number of fused-ring (bicyclic) bond motifs is 1. The van der Waals surface area contributed by atoms with Crippen LogP contribution in [0.1, 0.15) is 35.3 Å². The Morgan fingerprint density at radius 3 is 2.50 bits per heavy atom. The molecule has 0 aliphatic rings. The third-order valence-corrected chi connectivity index (χ3v) is 6.40. The molecular formula is C22H24N2O5S. The van der Waals surface area contributed by atoms with Gasteiger partial charge in [0.1, 0.15) is 6.04 Å². The standard InChI is InChI=1S/C22H24N2O5S/c1-4-16-6-5-7-18-19(12-23-21(16)18)20(25)13-29-22(26)15(3)24-30(27,28)17-10-8-14(2)9-11-17/h5-12,15,23-24H,4,13H2,1-3H3/t15-/m0/s1. The van der Waals surface area contributed by atoms with Crippen LogP contribution in [0.2, 0.25) is 0 Å². The van der Waals surface area contributed by atoms with Crippen molar-refractivity contribution in [3.63, 3.8) is 0 Å². The quantitative estimate of drug-likeness (QED) is 0.424. The van der Waals surface area contributed by atoms with Crippen LogP contribution in [0.25, 0.3) is 10.9 Å². The Labute approximate surface area is 175 Å². The number of benzene rings is 2. The second-order valence-corrected chi connectivity index (χ2v) is 8.80. The normalized spacial score (nSPS) is 12.6. The first kappa shape index (κ1) is 21.7. The minimum Gasteiger partial charge on any atom is -0.456 e. The molecule has 7 nitrogen and oxygen atoms in total. The van der Waals surface area contributed by atoms with Crippen molar-refractivity contribution in [2.75, 3.05) is 6.61 Å². The van der Waals surface area contributed by atoms with Gasteiger partial charge in [-0.1, -0.05) is 42.8 Å². The summed E-state index contributed by atoms with van der Waals surface area (Å²) in [4.78, 5) is 27.9. The summed E-state index contributed by atoms with van der Waals surface area (Å²) >= 11 is 0. The molecule has 8 heteroatoms. The van der Waals surface area contributed by atoms with Gasteiger partial charge in [0.05, 0.1) is 4.90 Å². The Kier molecular flexibility index (Phi) is 6.38. The minimum atomic E-state index is -3.88. The van der Waals surface area contributed by atoms with E-state index in [-0.39, 0.29) is 10.7 Å². The van der Waals surface area contributed by atoms with Crippen molar-refractivity contribution < 1.29 is 22.7 Å². The molecule has 0 saturated heterocycles. The third-order valence-electron chi connectivity index (χ3n) is 4.85. The van der Waals surface area contributed by atoms with E-state index in [1.165, 1.54) is 19.1 Å². The Hall–Kier alpha value is -2.97. The highest BCUT2D eigenvalue weighted by molar-refractivity contribution is 7.89. The van der Waals surface area contributed by atoms with E-state index in [0.29, 0.717) is 5.56 Å². The summed E-state index contributed by atoms with van der Waals surface area (Å²) < 4.78 is 32.1. The summed E-state index contributed by atoms with van der Waals surface area (Å²) in [5.41, 5.74) is 3.32. The maximum absolute atomic E-state index is 12.5. The van der Waals surface area contributed by atoms with Crippen LogP contribution in [0.15, 0.2) is 53.6 Å². The second kappa shape index (κ2) is 8.81. The van der Waals surface area contributed by atoms with Gasteiger partial charge < -0.3 is 9.72 Å².